The van der Waals surface area contributed by atoms with Crippen molar-refractivity contribution in [3.63, 3.8) is 0 Å². The minimum absolute atomic E-state index is 0. The molecule has 1 N–H and O–H groups in total. The van der Waals surface area contributed by atoms with E-state index < -0.39 is 10.1 Å². The van der Waals surface area contributed by atoms with Crippen molar-refractivity contribution in [3.05, 3.63) is 48.0 Å². The molecule has 0 heterocycles. The Morgan fingerprint density at radius 2 is 1.43 bits per heavy atom. The molecule has 0 atom stereocenters. The summed E-state index contributed by atoms with van der Waals surface area (Å²) < 4.78 is 38.2. The summed E-state index contributed by atoms with van der Waals surface area (Å²) in [5, 5.41) is 11.2. The number of hydrogen-bond acceptors (Lipinski definition) is 4. The molecule has 7 heteroatoms. The van der Waals surface area contributed by atoms with Gasteiger partial charge in [-0.2, -0.15) is 8.42 Å². The van der Waals surface area contributed by atoms with Crippen LogP contribution in [-0.2, 0) is 16.5 Å². The summed E-state index contributed by atoms with van der Waals surface area (Å²) in [5.41, 5.74) is 0.731. The van der Waals surface area contributed by atoms with E-state index in [1.165, 1.54) is 62.8 Å². The van der Waals surface area contributed by atoms with Gasteiger partial charge in [0.25, 0.3) is 10.1 Å². The third-order valence-corrected chi connectivity index (χ3v) is 5.78. The van der Waals surface area contributed by atoms with Gasteiger partial charge in [0.15, 0.2) is 0 Å². The number of ether oxygens (including phenoxy) is 1. The zero-order valence-corrected chi connectivity index (χ0v) is 22.0. The molecule has 0 radical (unpaired) electrons. The molecule has 5 nitrogen and oxygen atoms in total. The van der Waals surface area contributed by atoms with Gasteiger partial charge in [-0.3, -0.25) is 4.55 Å². The molecular formula is C23H31KO5S. The van der Waals surface area contributed by atoms with Crippen molar-refractivity contribution in [2.24, 2.45) is 0 Å². The van der Waals surface area contributed by atoms with Crippen LogP contribution in [0, 0.1) is 0 Å². The molecule has 0 saturated carbocycles. The topological polar surface area (TPSA) is 86.7 Å². The van der Waals surface area contributed by atoms with Crippen LogP contribution in [0.2, 0.25) is 0 Å². The first-order valence-electron chi connectivity index (χ1n) is 10.5. The van der Waals surface area contributed by atoms with E-state index >= 15 is 0 Å². The van der Waals surface area contributed by atoms with Gasteiger partial charge in [0.1, 0.15) is 11.5 Å². The van der Waals surface area contributed by atoms with E-state index in [-0.39, 0.29) is 62.0 Å². The molecule has 0 bridgehead atoms. The monoisotopic (exact) mass is 458 g/mol. The number of unbranched alkanes of at least 4 members (excludes halogenated alkanes) is 8. The molecule has 0 aliphatic carbocycles. The zero-order chi connectivity index (χ0) is 21.1. The summed E-state index contributed by atoms with van der Waals surface area (Å²) in [4.78, 5) is -0.134. The van der Waals surface area contributed by atoms with Crippen LogP contribution in [0.4, 0.5) is 0 Å². The molecule has 0 saturated heterocycles. The standard InChI is InChI=1S/C23H32O5S.K/c1-2-3-4-5-6-7-8-9-10-11-19-18-22(29(25,26)27)16-17-23(19)28-21-14-12-20(24)13-15-21;/h12-18,24H,2-11H2,1H3,(H,25,26,27);/q;+1/p-1. The normalized spacial score (nSPS) is 11.1. The maximum Gasteiger partial charge on any atom is 1.00 e. The van der Waals surface area contributed by atoms with Gasteiger partial charge in [-0.1, -0.05) is 70.4 Å². The Balaban J connectivity index is 0.00000450. The van der Waals surface area contributed by atoms with Crippen LogP contribution in [0.25, 0.3) is 0 Å². The van der Waals surface area contributed by atoms with Crippen LogP contribution in [-0.4, -0.2) is 13.0 Å². The van der Waals surface area contributed by atoms with E-state index in [0.717, 1.165) is 24.8 Å². The molecule has 0 aliphatic heterocycles. The predicted molar refractivity (Wildman–Crippen MR) is 113 cm³/mol. The van der Waals surface area contributed by atoms with Crippen molar-refractivity contribution in [1.82, 2.24) is 0 Å². The second-order valence-electron chi connectivity index (χ2n) is 7.40. The van der Waals surface area contributed by atoms with Crippen molar-refractivity contribution in [1.29, 1.82) is 0 Å². The van der Waals surface area contributed by atoms with Gasteiger partial charge in [-0.25, -0.2) is 0 Å². The van der Waals surface area contributed by atoms with E-state index in [1.54, 1.807) is 18.2 Å². The predicted octanol–water partition coefficient (Wildman–Crippen LogP) is 2.88. The Morgan fingerprint density at radius 3 is 2.00 bits per heavy atom. The molecule has 0 unspecified atom stereocenters. The number of benzene rings is 2. The average Bonchev–Trinajstić information content (AvgIpc) is 2.68. The summed E-state index contributed by atoms with van der Waals surface area (Å²) in [6, 6.07) is 10.4. The maximum atomic E-state index is 11.5. The van der Waals surface area contributed by atoms with E-state index in [4.69, 9.17) is 4.74 Å². The quantitative estimate of drug-likeness (QED) is 0.283. The Bertz CT molecular complexity index is 850. The number of rotatable bonds is 13. The van der Waals surface area contributed by atoms with E-state index in [9.17, 15) is 18.1 Å². The van der Waals surface area contributed by atoms with E-state index in [1.807, 2.05) is 0 Å². The first-order valence-corrected chi connectivity index (χ1v) is 11.9. The molecule has 0 amide bonds. The van der Waals surface area contributed by atoms with Crippen molar-refractivity contribution in [3.8, 4) is 17.2 Å². The molecule has 0 aromatic heterocycles. The second kappa shape index (κ2) is 14.6. The molecule has 0 fully saturated rings. The minimum atomic E-state index is -4.27. The second-order valence-corrected chi connectivity index (χ2v) is 8.82. The van der Waals surface area contributed by atoms with Crippen LogP contribution < -0.4 is 61.2 Å². The van der Waals surface area contributed by atoms with Gasteiger partial charge in [-0.15, -0.1) is 5.75 Å². The van der Waals surface area contributed by atoms with Crippen LogP contribution in [0.1, 0.15) is 70.3 Å². The van der Waals surface area contributed by atoms with Gasteiger partial charge in [0, 0.05) is 0 Å². The number of hydrogen-bond donors (Lipinski definition) is 1. The zero-order valence-electron chi connectivity index (χ0n) is 18.1. The fraction of sp³-hybridized carbons (Fsp3) is 0.478. The molecule has 2 rings (SSSR count). The van der Waals surface area contributed by atoms with Gasteiger partial charge in [-0.05, 0) is 48.7 Å². The Morgan fingerprint density at radius 1 is 0.867 bits per heavy atom. The average molecular weight is 459 g/mol. The summed E-state index contributed by atoms with van der Waals surface area (Å²) in [5.74, 6) is 0.946. The van der Waals surface area contributed by atoms with E-state index in [0.29, 0.717) is 17.9 Å². The van der Waals surface area contributed by atoms with Crippen LogP contribution in [0.15, 0.2) is 47.4 Å². The van der Waals surface area contributed by atoms with Gasteiger partial charge >= 0.3 is 51.4 Å². The smallest absolute Gasteiger partial charge is 0.872 e. The number of aryl methyl sites for hydroxylation is 1. The third kappa shape index (κ3) is 10.3. The van der Waals surface area contributed by atoms with Gasteiger partial charge in [0.05, 0.1) is 4.90 Å². The van der Waals surface area contributed by atoms with Gasteiger partial charge in [0.2, 0.25) is 0 Å². The first-order chi connectivity index (χ1) is 13.9. The largest absolute Gasteiger partial charge is 1.00 e. The van der Waals surface area contributed by atoms with Crippen molar-refractivity contribution in [2.75, 3.05) is 0 Å². The summed E-state index contributed by atoms with van der Waals surface area (Å²) >= 11 is 0. The Labute approximate surface area is 223 Å². The van der Waals surface area contributed by atoms with Crippen molar-refractivity contribution >= 4 is 10.1 Å². The van der Waals surface area contributed by atoms with Crippen LogP contribution >= 0.6 is 0 Å². The van der Waals surface area contributed by atoms with Crippen molar-refractivity contribution in [2.45, 2.75) is 76.0 Å². The minimum Gasteiger partial charge on any atom is -0.872 e. The summed E-state index contributed by atoms with van der Waals surface area (Å²) in [7, 11) is -4.27. The Hall–Kier alpha value is -0.414. The molecule has 0 aliphatic rings. The molecule has 2 aromatic rings. The first kappa shape index (κ1) is 27.6. The molecular weight excluding hydrogens is 427 g/mol. The molecule has 2 aromatic carbocycles. The van der Waals surface area contributed by atoms with Gasteiger partial charge < -0.3 is 9.84 Å². The Kier molecular flexibility index (Phi) is 13.5. The maximum absolute atomic E-state index is 11.5. The molecule has 160 valence electrons. The van der Waals surface area contributed by atoms with Crippen LogP contribution in [0.3, 0.4) is 0 Å². The fourth-order valence-electron chi connectivity index (χ4n) is 3.27. The fourth-order valence-corrected chi connectivity index (χ4v) is 3.80. The molecule has 30 heavy (non-hydrogen) atoms. The molecule has 0 spiro atoms. The van der Waals surface area contributed by atoms with Crippen LogP contribution in [0.5, 0.6) is 17.2 Å². The van der Waals surface area contributed by atoms with Crippen molar-refractivity contribution < 1.29 is 74.2 Å². The third-order valence-electron chi connectivity index (χ3n) is 4.93. The van der Waals surface area contributed by atoms with E-state index in [2.05, 4.69) is 6.92 Å². The summed E-state index contributed by atoms with van der Waals surface area (Å²) in [6.07, 6.45) is 11.5. The SMILES string of the molecule is CCCCCCCCCCCc1cc(S(=O)(=O)O)ccc1Oc1ccc([O-])cc1.[K+]. The summed E-state index contributed by atoms with van der Waals surface area (Å²) in [6.45, 7) is 2.22.